The highest BCUT2D eigenvalue weighted by Gasteiger charge is 2.20. The fourth-order valence-corrected chi connectivity index (χ4v) is 1.98. The van der Waals surface area contributed by atoms with Crippen molar-refractivity contribution in [2.45, 2.75) is 19.8 Å². The Labute approximate surface area is 103 Å². The summed E-state index contributed by atoms with van der Waals surface area (Å²) >= 11 is 0. The monoisotopic (exact) mass is 232 g/mol. The number of rotatable bonds is 4. The number of hydrogen-bond donors (Lipinski definition) is 2. The van der Waals surface area contributed by atoms with Crippen molar-refractivity contribution >= 4 is 5.91 Å². The number of carbonyl (C=O) groups is 1. The molecule has 3 nitrogen and oxygen atoms in total. The number of amides is 1. The summed E-state index contributed by atoms with van der Waals surface area (Å²) in [5.74, 6) is 0.675. The van der Waals surface area contributed by atoms with Gasteiger partial charge in [0.1, 0.15) is 0 Å². The fraction of sp³-hybridized carbons (Fsp3) is 0.500. The minimum Gasteiger partial charge on any atom is -0.355 e. The molecule has 1 amide bonds. The molecule has 0 spiro atoms. The molecule has 0 radical (unpaired) electrons. The Balaban J connectivity index is 1.89. The maximum Gasteiger partial charge on any atom is 0.227 e. The molecule has 1 fully saturated rings. The van der Waals surface area contributed by atoms with Crippen LogP contribution in [0.15, 0.2) is 24.3 Å². The van der Waals surface area contributed by atoms with Crippen molar-refractivity contribution in [2.75, 3.05) is 19.6 Å². The predicted molar refractivity (Wildman–Crippen MR) is 69.0 cm³/mol. The zero-order chi connectivity index (χ0) is 12.3. The van der Waals surface area contributed by atoms with Crippen LogP contribution in [0.2, 0.25) is 0 Å². The molecule has 1 aliphatic rings. The third-order valence-electron chi connectivity index (χ3n) is 3.37. The molecule has 17 heavy (non-hydrogen) atoms. The lowest BCUT2D eigenvalue weighted by Gasteiger charge is -2.27. The highest BCUT2D eigenvalue weighted by Crippen LogP contribution is 2.16. The molecule has 1 aliphatic heterocycles. The van der Waals surface area contributed by atoms with Crippen LogP contribution in [0.3, 0.4) is 0 Å². The summed E-state index contributed by atoms with van der Waals surface area (Å²) < 4.78 is 0. The number of benzene rings is 1. The van der Waals surface area contributed by atoms with E-state index in [2.05, 4.69) is 16.7 Å². The topological polar surface area (TPSA) is 41.1 Å². The predicted octanol–water partition coefficient (Wildman–Crippen LogP) is 1.43. The Morgan fingerprint density at radius 3 is 2.88 bits per heavy atom. The van der Waals surface area contributed by atoms with Crippen LogP contribution in [0.1, 0.15) is 24.0 Å². The third kappa shape index (κ3) is 3.07. The van der Waals surface area contributed by atoms with Crippen LogP contribution in [0, 0.1) is 12.8 Å². The molecule has 1 aromatic rings. The highest BCUT2D eigenvalue weighted by molar-refractivity contribution is 5.83. The molecule has 1 saturated heterocycles. The molecular weight excluding hydrogens is 212 g/mol. The van der Waals surface area contributed by atoms with Crippen LogP contribution in [0.25, 0.3) is 0 Å². The molecule has 0 bridgehead atoms. The molecule has 1 aromatic carbocycles. The first kappa shape index (κ1) is 12.1. The SMILES string of the molecule is Cc1cccc(C(C)C(=O)NCC2CNC2)c1. The first-order chi connectivity index (χ1) is 8.16. The first-order valence-corrected chi connectivity index (χ1v) is 6.22. The van der Waals surface area contributed by atoms with Gasteiger partial charge in [0, 0.05) is 25.6 Å². The van der Waals surface area contributed by atoms with Crippen LogP contribution < -0.4 is 10.6 Å². The van der Waals surface area contributed by atoms with E-state index in [1.807, 2.05) is 32.0 Å². The van der Waals surface area contributed by atoms with Gasteiger partial charge in [0.25, 0.3) is 0 Å². The molecule has 1 unspecified atom stereocenters. The standard InChI is InChI=1S/C14H20N2O/c1-10-4-3-5-13(6-10)11(2)14(17)16-9-12-7-15-8-12/h3-6,11-12,15H,7-9H2,1-2H3,(H,16,17). The van der Waals surface area contributed by atoms with E-state index in [9.17, 15) is 4.79 Å². The van der Waals surface area contributed by atoms with Gasteiger partial charge in [-0.1, -0.05) is 29.8 Å². The van der Waals surface area contributed by atoms with Crippen molar-refractivity contribution in [3.63, 3.8) is 0 Å². The van der Waals surface area contributed by atoms with Gasteiger partial charge in [0.2, 0.25) is 5.91 Å². The van der Waals surface area contributed by atoms with Gasteiger partial charge >= 0.3 is 0 Å². The molecule has 2 rings (SSSR count). The van der Waals surface area contributed by atoms with Gasteiger partial charge in [-0.3, -0.25) is 4.79 Å². The molecule has 0 aromatic heterocycles. The van der Waals surface area contributed by atoms with Gasteiger partial charge in [-0.05, 0) is 19.4 Å². The minimum atomic E-state index is -0.0667. The van der Waals surface area contributed by atoms with E-state index in [0.717, 1.165) is 25.2 Å². The second kappa shape index (κ2) is 5.32. The average Bonchev–Trinajstić information content (AvgIpc) is 2.25. The van der Waals surface area contributed by atoms with E-state index in [-0.39, 0.29) is 11.8 Å². The first-order valence-electron chi connectivity index (χ1n) is 6.22. The molecule has 1 heterocycles. The lowest BCUT2D eigenvalue weighted by molar-refractivity contribution is -0.122. The van der Waals surface area contributed by atoms with E-state index in [0.29, 0.717) is 5.92 Å². The molecule has 2 N–H and O–H groups in total. The number of nitrogens with one attached hydrogen (secondary N) is 2. The van der Waals surface area contributed by atoms with Crippen LogP contribution in [-0.4, -0.2) is 25.5 Å². The van der Waals surface area contributed by atoms with Gasteiger partial charge in [-0.15, -0.1) is 0 Å². The van der Waals surface area contributed by atoms with Crippen molar-refractivity contribution < 1.29 is 4.79 Å². The Bertz CT molecular complexity index is 399. The number of hydrogen-bond acceptors (Lipinski definition) is 2. The summed E-state index contributed by atoms with van der Waals surface area (Å²) in [7, 11) is 0. The van der Waals surface area contributed by atoms with Gasteiger partial charge in [0.15, 0.2) is 0 Å². The Morgan fingerprint density at radius 2 is 2.29 bits per heavy atom. The minimum absolute atomic E-state index is 0.0667. The van der Waals surface area contributed by atoms with E-state index < -0.39 is 0 Å². The summed E-state index contributed by atoms with van der Waals surface area (Å²) in [5, 5.41) is 6.23. The Kier molecular flexibility index (Phi) is 3.79. The van der Waals surface area contributed by atoms with Crippen molar-refractivity contribution in [3.8, 4) is 0 Å². The smallest absolute Gasteiger partial charge is 0.227 e. The Hall–Kier alpha value is -1.35. The normalized spacial score (nSPS) is 17.3. The van der Waals surface area contributed by atoms with Gasteiger partial charge < -0.3 is 10.6 Å². The van der Waals surface area contributed by atoms with Crippen molar-refractivity contribution in [2.24, 2.45) is 5.92 Å². The van der Waals surface area contributed by atoms with Gasteiger partial charge in [-0.25, -0.2) is 0 Å². The summed E-state index contributed by atoms with van der Waals surface area (Å²) in [5.41, 5.74) is 2.29. The zero-order valence-corrected chi connectivity index (χ0v) is 10.5. The van der Waals surface area contributed by atoms with Crippen LogP contribution in [-0.2, 0) is 4.79 Å². The second-order valence-electron chi connectivity index (χ2n) is 4.91. The molecule has 1 atom stereocenters. The van der Waals surface area contributed by atoms with Crippen LogP contribution in [0.5, 0.6) is 0 Å². The lowest BCUT2D eigenvalue weighted by atomic mass is 9.98. The average molecular weight is 232 g/mol. The third-order valence-corrected chi connectivity index (χ3v) is 3.37. The van der Waals surface area contributed by atoms with Crippen molar-refractivity contribution in [1.82, 2.24) is 10.6 Å². The van der Waals surface area contributed by atoms with Gasteiger partial charge in [0.05, 0.1) is 5.92 Å². The lowest BCUT2D eigenvalue weighted by Crippen LogP contribution is -2.48. The fourth-order valence-electron chi connectivity index (χ4n) is 1.98. The maximum absolute atomic E-state index is 12.0. The van der Waals surface area contributed by atoms with Crippen molar-refractivity contribution in [1.29, 1.82) is 0 Å². The largest absolute Gasteiger partial charge is 0.355 e. The van der Waals surface area contributed by atoms with E-state index in [1.54, 1.807) is 0 Å². The maximum atomic E-state index is 12.0. The number of carbonyl (C=O) groups excluding carboxylic acids is 1. The second-order valence-corrected chi connectivity index (χ2v) is 4.91. The molecule has 0 aliphatic carbocycles. The van der Waals surface area contributed by atoms with Crippen LogP contribution >= 0.6 is 0 Å². The molecule has 3 heteroatoms. The van der Waals surface area contributed by atoms with E-state index >= 15 is 0 Å². The number of aryl methyl sites for hydroxylation is 1. The van der Waals surface area contributed by atoms with Crippen molar-refractivity contribution in [3.05, 3.63) is 35.4 Å². The molecule has 0 saturated carbocycles. The Morgan fingerprint density at radius 1 is 1.53 bits per heavy atom. The summed E-state index contributed by atoms with van der Waals surface area (Å²) in [6, 6.07) is 8.15. The summed E-state index contributed by atoms with van der Waals surface area (Å²) in [4.78, 5) is 12.0. The summed E-state index contributed by atoms with van der Waals surface area (Å²) in [6.07, 6.45) is 0. The molecular formula is C14H20N2O. The quantitative estimate of drug-likeness (QED) is 0.824. The summed E-state index contributed by atoms with van der Waals surface area (Å²) in [6.45, 7) is 6.86. The molecule has 92 valence electrons. The highest BCUT2D eigenvalue weighted by atomic mass is 16.1. The van der Waals surface area contributed by atoms with E-state index in [1.165, 1.54) is 5.56 Å². The van der Waals surface area contributed by atoms with Gasteiger partial charge in [-0.2, -0.15) is 0 Å². The van der Waals surface area contributed by atoms with E-state index in [4.69, 9.17) is 0 Å². The van der Waals surface area contributed by atoms with Crippen LogP contribution in [0.4, 0.5) is 0 Å². The zero-order valence-electron chi connectivity index (χ0n) is 10.5.